The van der Waals surface area contributed by atoms with Crippen LogP contribution in [0.3, 0.4) is 0 Å². The monoisotopic (exact) mass is 283 g/mol. The van der Waals surface area contributed by atoms with Gasteiger partial charge in [-0.15, -0.1) is 11.8 Å². The van der Waals surface area contributed by atoms with Crippen LogP contribution >= 0.6 is 11.8 Å². The normalized spacial score (nSPS) is 11.4. The molecule has 106 valence electrons. The SMILES string of the molecule is CCC(CO)(CO)NC(=O)CSc1ccc(C)cc1. The number of thioether (sulfide) groups is 1. The zero-order chi connectivity index (χ0) is 14.3. The van der Waals surface area contributed by atoms with Gasteiger partial charge in [0.05, 0.1) is 24.5 Å². The smallest absolute Gasteiger partial charge is 0.230 e. The minimum absolute atomic E-state index is 0.185. The van der Waals surface area contributed by atoms with Crippen LogP contribution in [0.15, 0.2) is 29.2 Å². The van der Waals surface area contributed by atoms with Gasteiger partial charge in [0.15, 0.2) is 0 Å². The minimum Gasteiger partial charge on any atom is -0.394 e. The lowest BCUT2D eigenvalue weighted by molar-refractivity contribution is -0.121. The van der Waals surface area contributed by atoms with Gasteiger partial charge in [-0.1, -0.05) is 24.6 Å². The van der Waals surface area contributed by atoms with E-state index in [0.717, 1.165) is 4.90 Å². The van der Waals surface area contributed by atoms with Crippen LogP contribution in [-0.4, -0.2) is 40.6 Å². The maximum atomic E-state index is 11.8. The molecule has 19 heavy (non-hydrogen) atoms. The molecule has 0 radical (unpaired) electrons. The fourth-order valence-electron chi connectivity index (χ4n) is 1.56. The van der Waals surface area contributed by atoms with Crippen molar-refractivity contribution in [3.63, 3.8) is 0 Å². The van der Waals surface area contributed by atoms with Gasteiger partial charge in [-0.05, 0) is 25.5 Å². The number of hydrogen-bond acceptors (Lipinski definition) is 4. The third-order valence-corrected chi connectivity index (χ3v) is 4.09. The van der Waals surface area contributed by atoms with E-state index < -0.39 is 5.54 Å². The first-order valence-corrected chi connectivity index (χ1v) is 7.26. The summed E-state index contributed by atoms with van der Waals surface area (Å²) in [5.41, 5.74) is 0.268. The number of aliphatic hydroxyl groups is 2. The molecule has 0 fully saturated rings. The van der Waals surface area contributed by atoms with Gasteiger partial charge in [-0.3, -0.25) is 4.79 Å². The standard InChI is InChI=1S/C14H21NO3S/c1-3-14(9-16,10-17)15-13(18)8-19-12-6-4-11(2)5-7-12/h4-7,16-17H,3,8-10H2,1-2H3,(H,15,18). The van der Waals surface area contributed by atoms with Crippen molar-refractivity contribution in [3.05, 3.63) is 29.8 Å². The molecule has 1 aromatic carbocycles. The van der Waals surface area contributed by atoms with Crippen LogP contribution in [0.2, 0.25) is 0 Å². The first kappa shape index (κ1) is 16.0. The average molecular weight is 283 g/mol. The molecule has 1 aromatic rings. The third kappa shape index (κ3) is 4.86. The fourth-order valence-corrected chi connectivity index (χ4v) is 2.25. The number of amides is 1. The van der Waals surface area contributed by atoms with Crippen LogP contribution in [-0.2, 0) is 4.79 Å². The molecule has 0 spiro atoms. The predicted molar refractivity (Wildman–Crippen MR) is 77.2 cm³/mol. The van der Waals surface area contributed by atoms with Crippen molar-refractivity contribution in [1.82, 2.24) is 5.32 Å². The van der Waals surface area contributed by atoms with Gasteiger partial charge in [-0.25, -0.2) is 0 Å². The van der Waals surface area contributed by atoms with Gasteiger partial charge in [0.1, 0.15) is 0 Å². The number of aryl methyl sites for hydroxylation is 1. The summed E-state index contributed by atoms with van der Waals surface area (Å²) in [7, 11) is 0. The topological polar surface area (TPSA) is 69.6 Å². The highest BCUT2D eigenvalue weighted by atomic mass is 32.2. The first-order valence-electron chi connectivity index (χ1n) is 6.27. The number of rotatable bonds is 7. The van der Waals surface area contributed by atoms with E-state index in [0.29, 0.717) is 6.42 Å². The number of hydrogen-bond donors (Lipinski definition) is 3. The fraction of sp³-hybridized carbons (Fsp3) is 0.500. The molecule has 0 bridgehead atoms. The lowest BCUT2D eigenvalue weighted by Gasteiger charge is -2.29. The molecule has 0 aliphatic rings. The van der Waals surface area contributed by atoms with Crippen molar-refractivity contribution in [2.75, 3.05) is 19.0 Å². The second kappa shape index (κ2) is 7.53. The van der Waals surface area contributed by atoms with E-state index in [2.05, 4.69) is 5.32 Å². The Labute approximate surface area is 118 Å². The Hall–Kier alpha value is -1.04. The Kier molecular flexibility index (Phi) is 6.34. The summed E-state index contributed by atoms with van der Waals surface area (Å²) in [5, 5.41) is 21.2. The van der Waals surface area contributed by atoms with E-state index in [1.54, 1.807) is 0 Å². The maximum Gasteiger partial charge on any atom is 0.230 e. The van der Waals surface area contributed by atoms with E-state index in [4.69, 9.17) is 0 Å². The maximum absolute atomic E-state index is 11.8. The molecule has 0 heterocycles. The van der Waals surface area contributed by atoms with E-state index in [1.807, 2.05) is 38.1 Å². The number of aliphatic hydroxyl groups excluding tert-OH is 2. The largest absolute Gasteiger partial charge is 0.394 e. The molecular formula is C14H21NO3S. The van der Waals surface area contributed by atoms with Crippen LogP contribution in [0.5, 0.6) is 0 Å². The molecule has 0 saturated carbocycles. The van der Waals surface area contributed by atoms with Gasteiger partial charge >= 0.3 is 0 Å². The summed E-state index contributed by atoms with van der Waals surface area (Å²) in [4.78, 5) is 12.8. The highest BCUT2D eigenvalue weighted by Gasteiger charge is 2.28. The zero-order valence-electron chi connectivity index (χ0n) is 11.3. The zero-order valence-corrected chi connectivity index (χ0v) is 12.2. The van der Waals surface area contributed by atoms with E-state index in [-0.39, 0.29) is 24.9 Å². The van der Waals surface area contributed by atoms with Gasteiger partial charge in [0, 0.05) is 4.90 Å². The van der Waals surface area contributed by atoms with Gasteiger partial charge in [0.2, 0.25) is 5.91 Å². The Morgan fingerprint density at radius 2 is 1.84 bits per heavy atom. The van der Waals surface area contributed by atoms with E-state index in [1.165, 1.54) is 17.3 Å². The third-order valence-electron chi connectivity index (χ3n) is 3.08. The van der Waals surface area contributed by atoms with Crippen LogP contribution in [0.1, 0.15) is 18.9 Å². The quantitative estimate of drug-likeness (QED) is 0.660. The summed E-state index contributed by atoms with van der Waals surface area (Å²) in [5.74, 6) is 0.0840. The van der Waals surface area contributed by atoms with E-state index >= 15 is 0 Å². The van der Waals surface area contributed by atoms with Crippen molar-refractivity contribution in [3.8, 4) is 0 Å². The molecular weight excluding hydrogens is 262 g/mol. The Morgan fingerprint density at radius 3 is 2.32 bits per heavy atom. The molecule has 0 aliphatic heterocycles. The van der Waals surface area contributed by atoms with Crippen molar-refractivity contribution in [2.24, 2.45) is 0 Å². The lowest BCUT2D eigenvalue weighted by Crippen LogP contribution is -2.54. The number of carbonyl (C=O) groups excluding carboxylic acids is 1. The Morgan fingerprint density at radius 1 is 1.26 bits per heavy atom. The molecule has 4 nitrogen and oxygen atoms in total. The molecule has 3 N–H and O–H groups in total. The molecule has 0 aliphatic carbocycles. The molecule has 1 rings (SSSR count). The Bertz CT molecular complexity index is 393. The molecule has 5 heteroatoms. The van der Waals surface area contributed by atoms with E-state index in [9.17, 15) is 15.0 Å². The first-order chi connectivity index (χ1) is 9.05. The average Bonchev–Trinajstić information content (AvgIpc) is 2.44. The second-order valence-electron chi connectivity index (χ2n) is 4.60. The van der Waals surface area contributed by atoms with Gasteiger partial charge in [0.25, 0.3) is 0 Å². The molecule has 0 saturated heterocycles. The summed E-state index contributed by atoms with van der Waals surface area (Å²) < 4.78 is 0. The second-order valence-corrected chi connectivity index (χ2v) is 5.65. The summed E-state index contributed by atoms with van der Waals surface area (Å²) in [6.45, 7) is 3.31. The van der Waals surface area contributed by atoms with Crippen LogP contribution in [0, 0.1) is 6.92 Å². The van der Waals surface area contributed by atoms with Crippen LogP contribution in [0.25, 0.3) is 0 Å². The molecule has 1 amide bonds. The number of benzene rings is 1. The molecule has 0 atom stereocenters. The molecule has 0 unspecified atom stereocenters. The van der Waals surface area contributed by atoms with Crippen LogP contribution in [0.4, 0.5) is 0 Å². The Balaban J connectivity index is 2.49. The van der Waals surface area contributed by atoms with Gasteiger partial charge < -0.3 is 15.5 Å². The minimum atomic E-state index is -0.912. The van der Waals surface area contributed by atoms with Crippen LogP contribution < -0.4 is 5.32 Å². The van der Waals surface area contributed by atoms with Crippen molar-refractivity contribution in [2.45, 2.75) is 30.7 Å². The highest BCUT2D eigenvalue weighted by molar-refractivity contribution is 8.00. The highest BCUT2D eigenvalue weighted by Crippen LogP contribution is 2.18. The number of carbonyl (C=O) groups is 1. The van der Waals surface area contributed by atoms with Crippen molar-refractivity contribution in [1.29, 1.82) is 0 Å². The lowest BCUT2D eigenvalue weighted by atomic mass is 9.99. The summed E-state index contributed by atoms with van der Waals surface area (Å²) in [6.07, 6.45) is 0.487. The summed E-state index contributed by atoms with van der Waals surface area (Å²) >= 11 is 1.43. The predicted octanol–water partition coefficient (Wildman–Crippen LogP) is 1.34. The number of nitrogens with one attached hydrogen (secondary N) is 1. The van der Waals surface area contributed by atoms with Crippen molar-refractivity contribution >= 4 is 17.7 Å². The van der Waals surface area contributed by atoms with Crippen molar-refractivity contribution < 1.29 is 15.0 Å². The summed E-state index contributed by atoms with van der Waals surface area (Å²) in [6, 6.07) is 7.94. The van der Waals surface area contributed by atoms with Gasteiger partial charge in [-0.2, -0.15) is 0 Å². The molecule has 0 aromatic heterocycles.